The fourth-order valence-corrected chi connectivity index (χ4v) is 9.77. The van der Waals surface area contributed by atoms with Crippen molar-refractivity contribution in [1.82, 2.24) is 4.57 Å². The molecule has 0 saturated carbocycles. The normalized spacial score (nSPS) is 12.0. The van der Waals surface area contributed by atoms with Crippen LogP contribution in [0.2, 0.25) is 0 Å². The second kappa shape index (κ2) is 12.7. The predicted molar refractivity (Wildman–Crippen MR) is 250 cm³/mol. The van der Waals surface area contributed by atoms with Crippen LogP contribution in [0.3, 0.4) is 0 Å². The Labute approximate surface area is 344 Å². The molecule has 3 aromatic heterocycles. The van der Waals surface area contributed by atoms with E-state index in [0.717, 1.165) is 83.0 Å². The van der Waals surface area contributed by atoms with E-state index < -0.39 is 0 Å². The Balaban J connectivity index is 1.19. The number of anilines is 3. The van der Waals surface area contributed by atoms with E-state index in [1.807, 2.05) is 12.1 Å². The van der Waals surface area contributed by atoms with Gasteiger partial charge in [-0.3, -0.25) is 0 Å². The minimum atomic E-state index is 0.857. The third-order valence-corrected chi connectivity index (χ3v) is 12.3. The number of para-hydroxylation sites is 4. The van der Waals surface area contributed by atoms with Gasteiger partial charge in [-0.15, -0.1) is 0 Å². The van der Waals surface area contributed by atoms with Gasteiger partial charge in [0.1, 0.15) is 22.3 Å². The number of rotatable bonds is 5. The number of furan rings is 2. The summed E-state index contributed by atoms with van der Waals surface area (Å²) in [5.74, 6) is 0. The van der Waals surface area contributed by atoms with Crippen LogP contribution in [0.4, 0.5) is 17.1 Å². The van der Waals surface area contributed by atoms with Crippen molar-refractivity contribution in [1.29, 1.82) is 0 Å². The number of hydrogen-bond donors (Lipinski definition) is 0. The van der Waals surface area contributed by atoms with Crippen LogP contribution in [0.15, 0.2) is 215 Å². The van der Waals surface area contributed by atoms with Gasteiger partial charge in [0.2, 0.25) is 0 Å². The molecule has 280 valence electrons. The van der Waals surface area contributed by atoms with Crippen molar-refractivity contribution in [3.8, 4) is 16.8 Å². The summed E-state index contributed by atoms with van der Waals surface area (Å²) < 4.78 is 15.7. The Morgan fingerprint density at radius 2 is 0.933 bits per heavy atom. The van der Waals surface area contributed by atoms with Crippen molar-refractivity contribution >= 4 is 104 Å². The maximum absolute atomic E-state index is 6.81. The van der Waals surface area contributed by atoms with Crippen LogP contribution in [-0.4, -0.2) is 4.57 Å². The molecule has 0 bridgehead atoms. The summed E-state index contributed by atoms with van der Waals surface area (Å²) in [6, 6.07) is 73.8. The highest BCUT2D eigenvalue weighted by molar-refractivity contribution is 6.30. The molecule has 4 heteroatoms. The zero-order valence-electron chi connectivity index (χ0n) is 32.3. The predicted octanol–water partition coefficient (Wildman–Crippen LogP) is 16.0. The summed E-state index contributed by atoms with van der Waals surface area (Å²) in [6.45, 7) is 0. The fraction of sp³-hybridized carbons (Fsp3) is 0. The first-order chi connectivity index (χ1) is 29.8. The van der Waals surface area contributed by atoms with Gasteiger partial charge in [0.25, 0.3) is 0 Å². The third kappa shape index (κ3) is 4.79. The second-order valence-electron chi connectivity index (χ2n) is 15.6. The maximum atomic E-state index is 6.81. The van der Waals surface area contributed by atoms with Crippen molar-refractivity contribution in [2.24, 2.45) is 0 Å². The van der Waals surface area contributed by atoms with Crippen LogP contribution < -0.4 is 4.90 Å². The summed E-state index contributed by atoms with van der Waals surface area (Å²) in [4.78, 5) is 2.34. The first-order valence-electron chi connectivity index (χ1n) is 20.4. The van der Waals surface area contributed by atoms with Gasteiger partial charge in [0.05, 0.1) is 11.0 Å². The van der Waals surface area contributed by atoms with E-state index in [4.69, 9.17) is 8.83 Å². The average Bonchev–Trinajstić information content (AvgIpc) is 3.98. The summed E-state index contributed by atoms with van der Waals surface area (Å²) in [5, 5.41) is 11.6. The molecule has 0 aliphatic rings. The minimum Gasteiger partial charge on any atom is -0.456 e. The quantitative estimate of drug-likeness (QED) is 0.164. The molecule has 10 aromatic carbocycles. The molecular formula is C56H34N2O2. The highest BCUT2D eigenvalue weighted by Gasteiger charge is 2.26. The van der Waals surface area contributed by atoms with Crippen LogP contribution in [0.25, 0.3) is 104 Å². The molecule has 0 fully saturated rings. The highest BCUT2D eigenvalue weighted by Crippen LogP contribution is 2.50. The average molecular weight is 767 g/mol. The number of nitrogens with zero attached hydrogens (tertiary/aromatic N) is 2. The van der Waals surface area contributed by atoms with E-state index in [0.29, 0.717) is 0 Å². The molecule has 0 atom stereocenters. The Morgan fingerprint density at radius 1 is 0.333 bits per heavy atom. The summed E-state index contributed by atoms with van der Waals surface area (Å²) in [6.07, 6.45) is 0. The van der Waals surface area contributed by atoms with E-state index in [-0.39, 0.29) is 0 Å². The topological polar surface area (TPSA) is 34.5 Å². The molecular weight excluding hydrogens is 733 g/mol. The molecule has 0 N–H and O–H groups in total. The lowest BCUT2D eigenvalue weighted by molar-refractivity contribution is 0.668. The SMILES string of the molecule is c1ccc(N(c2ccc3c(c2)oc2ccccc23)c2ccc3c(c2)c2c(-c4cc5ccccc5c5ccccc45)c4c(cc2n3-c2ccccc2)oc2ccccc24)cc1. The van der Waals surface area contributed by atoms with E-state index >= 15 is 0 Å². The zero-order valence-corrected chi connectivity index (χ0v) is 32.3. The zero-order chi connectivity index (χ0) is 39.3. The first kappa shape index (κ1) is 32.9. The van der Waals surface area contributed by atoms with Crippen LogP contribution in [0, 0.1) is 0 Å². The van der Waals surface area contributed by atoms with Gasteiger partial charge < -0.3 is 18.3 Å². The van der Waals surface area contributed by atoms with Crippen LogP contribution in [-0.2, 0) is 0 Å². The van der Waals surface area contributed by atoms with Crippen molar-refractivity contribution in [2.45, 2.75) is 0 Å². The van der Waals surface area contributed by atoms with Gasteiger partial charge in [0.15, 0.2) is 0 Å². The third-order valence-electron chi connectivity index (χ3n) is 12.3. The van der Waals surface area contributed by atoms with E-state index in [1.165, 1.54) is 38.1 Å². The van der Waals surface area contributed by atoms with E-state index in [9.17, 15) is 0 Å². The molecule has 3 heterocycles. The van der Waals surface area contributed by atoms with Gasteiger partial charge in [0, 0.05) is 72.8 Å². The molecule has 0 unspecified atom stereocenters. The molecule has 0 amide bonds. The number of hydrogen-bond acceptors (Lipinski definition) is 3. The molecule has 0 spiro atoms. The Kier molecular flexibility index (Phi) is 6.98. The van der Waals surface area contributed by atoms with Gasteiger partial charge in [-0.05, 0) is 99.9 Å². The number of fused-ring (bicyclic) bond motifs is 12. The maximum Gasteiger partial charge on any atom is 0.138 e. The van der Waals surface area contributed by atoms with E-state index in [2.05, 4.69) is 204 Å². The summed E-state index contributed by atoms with van der Waals surface area (Å²) >= 11 is 0. The standard InChI is InChI=1S/C56H34N2O2/c1-3-16-36(17-4-1)57(39-27-29-44-43-23-11-13-25-50(43)59-52(44)33-39)38-28-30-48-47(32-38)54-49(58(48)37-18-5-2-6-19-37)34-53-55(45-24-12-14-26-51(45)60-53)56(54)46-31-35-15-7-8-20-40(35)41-21-9-10-22-42(41)46/h1-34H. The Hall–Kier alpha value is -8.08. The van der Waals surface area contributed by atoms with Crippen molar-refractivity contribution in [2.75, 3.05) is 4.90 Å². The molecule has 0 aliphatic heterocycles. The highest BCUT2D eigenvalue weighted by atomic mass is 16.3. The number of aromatic nitrogens is 1. The molecule has 13 aromatic rings. The molecule has 0 radical (unpaired) electrons. The lowest BCUT2D eigenvalue weighted by atomic mass is 9.88. The van der Waals surface area contributed by atoms with Gasteiger partial charge >= 0.3 is 0 Å². The summed E-state index contributed by atoms with van der Waals surface area (Å²) in [7, 11) is 0. The molecule has 60 heavy (non-hydrogen) atoms. The van der Waals surface area contributed by atoms with Crippen LogP contribution >= 0.6 is 0 Å². The fourth-order valence-electron chi connectivity index (χ4n) is 9.77. The van der Waals surface area contributed by atoms with Gasteiger partial charge in [-0.1, -0.05) is 121 Å². The monoisotopic (exact) mass is 766 g/mol. The smallest absolute Gasteiger partial charge is 0.138 e. The summed E-state index contributed by atoms with van der Waals surface area (Å²) in [5.41, 5.74) is 12.2. The number of benzene rings is 10. The van der Waals surface area contributed by atoms with Crippen molar-refractivity contribution < 1.29 is 8.83 Å². The Bertz CT molecular complexity index is 3840. The molecule has 0 saturated heterocycles. The van der Waals surface area contributed by atoms with Gasteiger partial charge in [-0.2, -0.15) is 0 Å². The molecule has 4 nitrogen and oxygen atoms in total. The lowest BCUT2D eigenvalue weighted by Gasteiger charge is -2.25. The largest absolute Gasteiger partial charge is 0.456 e. The van der Waals surface area contributed by atoms with Crippen LogP contribution in [0.1, 0.15) is 0 Å². The van der Waals surface area contributed by atoms with Crippen molar-refractivity contribution in [3.63, 3.8) is 0 Å². The minimum absolute atomic E-state index is 0.857. The lowest BCUT2D eigenvalue weighted by Crippen LogP contribution is -2.09. The van der Waals surface area contributed by atoms with Gasteiger partial charge in [-0.25, -0.2) is 0 Å². The Morgan fingerprint density at radius 3 is 1.75 bits per heavy atom. The van der Waals surface area contributed by atoms with Crippen molar-refractivity contribution in [3.05, 3.63) is 206 Å². The second-order valence-corrected chi connectivity index (χ2v) is 15.6. The molecule has 0 aliphatic carbocycles. The van der Waals surface area contributed by atoms with E-state index in [1.54, 1.807) is 0 Å². The van der Waals surface area contributed by atoms with Crippen LogP contribution in [0.5, 0.6) is 0 Å². The molecule has 13 rings (SSSR count). The first-order valence-corrected chi connectivity index (χ1v) is 20.4.